The molecular weight excluding hydrogens is 356 g/mol. The molecule has 6 heteroatoms. The Morgan fingerprint density at radius 2 is 1.89 bits per heavy atom. The molecule has 0 amide bonds. The van der Waals surface area contributed by atoms with E-state index >= 15 is 0 Å². The fraction of sp³-hybridized carbons (Fsp3) is 0.318. The van der Waals surface area contributed by atoms with Crippen LogP contribution in [0.25, 0.3) is 23.3 Å². The number of nitrogens with zero attached hydrogens (tertiary/aromatic N) is 1. The van der Waals surface area contributed by atoms with Crippen LogP contribution in [0.5, 0.6) is 11.5 Å². The van der Waals surface area contributed by atoms with Crippen LogP contribution in [0.3, 0.4) is 0 Å². The molecule has 0 aliphatic carbocycles. The summed E-state index contributed by atoms with van der Waals surface area (Å²) >= 11 is 0. The number of methoxy groups -OCH3 is 2. The zero-order valence-corrected chi connectivity index (χ0v) is 16.4. The summed E-state index contributed by atoms with van der Waals surface area (Å²) in [5, 5.41) is 9.29. The van der Waals surface area contributed by atoms with Crippen LogP contribution < -0.4 is 15.2 Å². The third-order valence-electron chi connectivity index (χ3n) is 4.64. The number of oxazole rings is 1. The number of benzene rings is 2. The summed E-state index contributed by atoms with van der Waals surface area (Å²) in [6.45, 7) is 1.81. The molecular formula is C22H26N2O4. The summed E-state index contributed by atoms with van der Waals surface area (Å²) in [5.74, 6) is 1.88. The number of aryl methyl sites for hydroxylation is 1. The standard InChI is InChI=1S/C22H26N2O4/c1-22(23,14-25)11-10-16-4-7-18-17(12-16)24-21(28-18)9-6-15-5-8-19(26-2)20(13-15)27-3/h4-9,12-13,25H,10-11,14,23H2,1-3H3/t22-/m1/s1. The van der Waals surface area contributed by atoms with Crippen molar-refractivity contribution in [2.24, 2.45) is 5.73 Å². The molecule has 3 rings (SSSR count). The SMILES string of the molecule is COc1ccc(C=Cc2nc3cc(CC[C@@](C)(N)CO)ccc3o2)cc1OC. The van der Waals surface area contributed by atoms with Gasteiger partial charge in [-0.1, -0.05) is 12.1 Å². The van der Waals surface area contributed by atoms with E-state index in [-0.39, 0.29) is 6.61 Å². The van der Waals surface area contributed by atoms with Gasteiger partial charge in [0.25, 0.3) is 0 Å². The van der Waals surface area contributed by atoms with Gasteiger partial charge in [0.15, 0.2) is 17.1 Å². The zero-order valence-electron chi connectivity index (χ0n) is 16.4. The lowest BCUT2D eigenvalue weighted by Crippen LogP contribution is -2.40. The van der Waals surface area contributed by atoms with Crippen LogP contribution in [-0.4, -0.2) is 36.5 Å². The summed E-state index contributed by atoms with van der Waals surface area (Å²) in [6, 6.07) is 11.6. The number of hydrogen-bond donors (Lipinski definition) is 2. The van der Waals surface area contributed by atoms with E-state index in [2.05, 4.69) is 4.98 Å². The minimum Gasteiger partial charge on any atom is -0.493 e. The highest BCUT2D eigenvalue weighted by Gasteiger charge is 2.16. The Balaban J connectivity index is 1.76. The Morgan fingerprint density at radius 1 is 1.11 bits per heavy atom. The van der Waals surface area contributed by atoms with E-state index in [9.17, 15) is 5.11 Å². The van der Waals surface area contributed by atoms with Crippen LogP contribution in [0.15, 0.2) is 40.8 Å². The molecule has 0 aliphatic heterocycles. The van der Waals surface area contributed by atoms with Gasteiger partial charge in [-0.25, -0.2) is 4.98 Å². The largest absolute Gasteiger partial charge is 0.493 e. The molecule has 0 aliphatic rings. The minimum absolute atomic E-state index is 0.0374. The van der Waals surface area contributed by atoms with Gasteiger partial charge in [0.05, 0.1) is 20.8 Å². The van der Waals surface area contributed by atoms with Crippen LogP contribution >= 0.6 is 0 Å². The third kappa shape index (κ3) is 4.71. The number of rotatable bonds is 8. The average Bonchev–Trinajstić information content (AvgIpc) is 3.12. The molecule has 0 unspecified atom stereocenters. The number of aromatic nitrogens is 1. The first kappa shape index (κ1) is 19.9. The third-order valence-corrected chi connectivity index (χ3v) is 4.64. The van der Waals surface area contributed by atoms with E-state index in [4.69, 9.17) is 19.6 Å². The van der Waals surface area contributed by atoms with E-state index in [1.54, 1.807) is 14.2 Å². The van der Waals surface area contributed by atoms with Crippen molar-refractivity contribution < 1.29 is 19.0 Å². The maximum Gasteiger partial charge on any atom is 0.220 e. The van der Waals surface area contributed by atoms with Crippen molar-refractivity contribution in [3.05, 3.63) is 53.4 Å². The van der Waals surface area contributed by atoms with Crippen molar-refractivity contribution in [1.29, 1.82) is 0 Å². The number of hydrogen-bond acceptors (Lipinski definition) is 6. The lowest BCUT2D eigenvalue weighted by molar-refractivity contribution is 0.200. The molecule has 148 valence electrons. The van der Waals surface area contributed by atoms with Gasteiger partial charge in [-0.15, -0.1) is 0 Å². The topological polar surface area (TPSA) is 90.7 Å². The fourth-order valence-electron chi connectivity index (χ4n) is 2.85. The van der Waals surface area contributed by atoms with Gasteiger partial charge in [-0.3, -0.25) is 0 Å². The molecule has 1 atom stereocenters. The van der Waals surface area contributed by atoms with Crippen molar-refractivity contribution in [2.45, 2.75) is 25.3 Å². The van der Waals surface area contributed by atoms with Crippen LogP contribution in [0.1, 0.15) is 30.4 Å². The summed E-state index contributed by atoms with van der Waals surface area (Å²) in [6.07, 6.45) is 5.20. The van der Waals surface area contributed by atoms with Crippen molar-refractivity contribution in [3.63, 3.8) is 0 Å². The molecule has 1 aromatic heterocycles. The second kappa shape index (κ2) is 8.46. The first-order valence-electron chi connectivity index (χ1n) is 9.13. The number of fused-ring (bicyclic) bond motifs is 1. The van der Waals surface area contributed by atoms with E-state index < -0.39 is 5.54 Å². The normalized spacial score (nSPS) is 13.8. The molecule has 3 aromatic rings. The van der Waals surface area contributed by atoms with Crippen LogP contribution in [-0.2, 0) is 6.42 Å². The lowest BCUT2D eigenvalue weighted by Gasteiger charge is -2.21. The first-order chi connectivity index (χ1) is 13.4. The van der Waals surface area contributed by atoms with Crippen LogP contribution in [0, 0.1) is 0 Å². The molecule has 6 nitrogen and oxygen atoms in total. The smallest absolute Gasteiger partial charge is 0.220 e. The monoisotopic (exact) mass is 382 g/mol. The molecule has 1 heterocycles. The van der Waals surface area contributed by atoms with E-state index in [1.165, 1.54) is 0 Å². The molecule has 28 heavy (non-hydrogen) atoms. The highest BCUT2D eigenvalue weighted by atomic mass is 16.5. The van der Waals surface area contributed by atoms with Gasteiger partial charge < -0.3 is 24.7 Å². The van der Waals surface area contributed by atoms with Crippen molar-refractivity contribution in [1.82, 2.24) is 4.98 Å². The Morgan fingerprint density at radius 3 is 2.61 bits per heavy atom. The number of aliphatic hydroxyl groups excluding tert-OH is 1. The molecule has 0 saturated carbocycles. The number of nitrogens with two attached hydrogens (primary N) is 1. The average molecular weight is 382 g/mol. The van der Waals surface area contributed by atoms with Gasteiger partial charge in [-0.2, -0.15) is 0 Å². The van der Waals surface area contributed by atoms with Gasteiger partial charge in [0.1, 0.15) is 5.52 Å². The minimum atomic E-state index is -0.577. The van der Waals surface area contributed by atoms with Crippen molar-refractivity contribution in [3.8, 4) is 11.5 Å². The van der Waals surface area contributed by atoms with E-state index in [0.29, 0.717) is 23.8 Å². The second-order valence-electron chi connectivity index (χ2n) is 7.11. The number of aliphatic hydroxyl groups is 1. The fourth-order valence-corrected chi connectivity index (χ4v) is 2.85. The van der Waals surface area contributed by atoms with Crippen LogP contribution in [0.4, 0.5) is 0 Å². The number of ether oxygens (including phenoxy) is 2. The Labute approximate surface area is 164 Å². The van der Waals surface area contributed by atoms with Gasteiger partial charge >= 0.3 is 0 Å². The summed E-state index contributed by atoms with van der Waals surface area (Å²) in [7, 11) is 3.22. The van der Waals surface area contributed by atoms with Gasteiger partial charge in [-0.05, 0) is 61.2 Å². The second-order valence-corrected chi connectivity index (χ2v) is 7.11. The Kier molecular flexibility index (Phi) is 6.02. The van der Waals surface area contributed by atoms with Gasteiger partial charge in [0, 0.05) is 11.6 Å². The van der Waals surface area contributed by atoms with Gasteiger partial charge in [0.2, 0.25) is 5.89 Å². The highest BCUT2D eigenvalue weighted by molar-refractivity contribution is 5.77. The molecule has 0 fully saturated rings. The molecule has 0 radical (unpaired) electrons. The highest BCUT2D eigenvalue weighted by Crippen LogP contribution is 2.28. The Hall–Kier alpha value is -2.83. The summed E-state index contributed by atoms with van der Waals surface area (Å²) in [4.78, 5) is 4.54. The lowest BCUT2D eigenvalue weighted by atomic mass is 9.95. The summed E-state index contributed by atoms with van der Waals surface area (Å²) < 4.78 is 16.4. The van der Waals surface area contributed by atoms with Crippen molar-refractivity contribution in [2.75, 3.05) is 20.8 Å². The van der Waals surface area contributed by atoms with Crippen molar-refractivity contribution >= 4 is 23.3 Å². The van der Waals surface area contributed by atoms with E-state index in [0.717, 1.165) is 28.6 Å². The maximum atomic E-state index is 9.29. The van der Waals surface area contributed by atoms with E-state index in [1.807, 2.05) is 55.5 Å². The maximum absolute atomic E-state index is 9.29. The Bertz CT molecular complexity index is 976. The molecule has 0 saturated heterocycles. The predicted molar refractivity (Wildman–Crippen MR) is 110 cm³/mol. The molecule has 3 N–H and O–H groups in total. The van der Waals surface area contributed by atoms with Crippen LogP contribution in [0.2, 0.25) is 0 Å². The predicted octanol–water partition coefficient (Wildman–Crippen LogP) is 3.66. The molecule has 2 aromatic carbocycles. The summed E-state index contributed by atoms with van der Waals surface area (Å²) in [5.41, 5.74) is 9.02. The molecule has 0 spiro atoms. The first-order valence-corrected chi connectivity index (χ1v) is 9.13. The molecule has 0 bridgehead atoms. The quantitative estimate of drug-likeness (QED) is 0.618. The zero-order chi connectivity index (χ0) is 20.1.